The molecule has 3 rings (SSSR count). The molecule has 0 bridgehead atoms. The lowest BCUT2D eigenvalue weighted by atomic mass is 9.98. The molecule has 4 nitrogen and oxygen atoms in total. The van der Waals surface area contributed by atoms with Gasteiger partial charge in [-0.3, -0.25) is 4.98 Å². The number of rotatable bonds is 4. The van der Waals surface area contributed by atoms with Crippen molar-refractivity contribution >= 4 is 59.5 Å². The Bertz CT molecular complexity index is 1180. The first kappa shape index (κ1) is 26.5. The summed E-state index contributed by atoms with van der Waals surface area (Å²) in [6, 6.07) is 6.14. The molecule has 0 unspecified atom stereocenters. The van der Waals surface area contributed by atoms with Crippen LogP contribution in [0.3, 0.4) is 0 Å². The van der Waals surface area contributed by atoms with E-state index in [1.165, 1.54) is 0 Å². The van der Waals surface area contributed by atoms with E-state index in [2.05, 4.69) is 63.4 Å². The predicted octanol–water partition coefficient (Wildman–Crippen LogP) is 8.32. The molecule has 2 aromatic carbocycles. The Labute approximate surface area is 214 Å². The average Bonchev–Trinajstić information content (AvgIpc) is 2.73. The summed E-state index contributed by atoms with van der Waals surface area (Å²) < 4.78 is 81.4. The standard InChI is InChI=1S/C21H12Br3F6N3O/c22-12-8-14(23)18(15(24)9-12)33-19(34)32-16(10-3-5-11(6-4-10)20(25,26)27)17-13(21(28,29)30)2-1-7-31-17/h1-9,16H,(H2,32,33,34)/t16-/m0/s1. The number of carbonyl (C=O) groups is 1. The van der Waals surface area contributed by atoms with Gasteiger partial charge in [0.1, 0.15) is 0 Å². The first-order valence-electron chi connectivity index (χ1n) is 9.18. The zero-order valence-corrected chi connectivity index (χ0v) is 21.3. The predicted molar refractivity (Wildman–Crippen MR) is 124 cm³/mol. The molecule has 2 amide bonds. The highest BCUT2D eigenvalue weighted by atomic mass is 79.9. The van der Waals surface area contributed by atoms with Gasteiger partial charge in [0.25, 0.3) is 0 Å². The fourth-order valence-electron chi connectivity index (χ4n) is 3.00. The second kappa shape index (κ2) is 10.2. The number of benzene rings is 2. The minimum absolute atomic E-state index is 0.0266. The van der Waals surface area contributed by atoms with E-state index in [-0.39, 0.29) is 11.3 Å². The third kappa shape index (κ3) is 6.30. The number of nitrogens with one attached hydrogen (secondary N) is 2. The number of anilines is 1. The summed E-state index contributed by atoms with van der Waals surface area (Å²) in [6.07, 6.45) is -8.35. The number of pyridine rings is 1. The van der Waals surface area contributed by atoms with Crippen LogP contribution in [0.5, 0.6) is 0 Å². The van der Waals surface area contributed by atoms with E-state index in [0.717, 1.165) is 42.6 Å². The van der Waals surface area contributed by atoms with Crippen molar-refractivity contribution in [3.63, 3.8) is 0 Å². The SMILES string of the molecule is O=C(Nc1c(Br)cc(Br)cc1Br)N[C@@H](c1ccc(C(F)(F)F)cc1)c1ncccc1C(F)(F)F. The zero-order valence-electron chi connectivity index (χ0n) is 16.5. The lowest BCUT2D eigenvalue weighted by Crippen LogP contribution is -2.35. The molecule has 13 heteroatoms. The molecule has 2 N–H and O–H groups in total. The molecule has 0 saturated heterocycles. The van der Waals surface area contributed by atoms with Crippen molar-refractivity contribution in [2.24, 2.45) is 0 Å². The Kier molecular flexibility index (Phi) is 7.98. The van der Waals surface area contributed by atoms with E-state index in [1.54, 1.807) is 12.1 Å². The largest absolute Gasteiger partial charge is 0.418 e. The van der Waals surface area contributed by atoms with Gasteiger partial charge in [0.15, 0.2) is 0 Å². The highest BCUT2D eigenvalue weighted by Crippen LogP contribution is 2.37. The number of alkyl halides is 6. The minimum Gasteiger partial charge on any atom is -0.325 e. The van der Waals surface area contributed by atoms with Crippen LogP contribution in [0.4, 0.5) is 36.8 Å². The Morgan fingerprint density at radius 3 is 2.00 bits per heavy atom. The van der Waals surface area contributed by atoms with Crippen molar-refractivity contribution in [2.45, 2.75) is 18.4 Å². The molecule has 0 spiro atoms. The molecule has 3 aromatic rings. The molecule has 1 heterocycles. The van der Waals surface area contributed by atoms with E-state index in [1.807, 2.05) is 0 Å². The molecular formula is C21H12Br3F6N3O. The van der Waals surface area contributed by atoms with Crippen LogP contribution in [-0.2, 0) is 12.4 Å². The van der Waals surface area contributed by atoms with Crippen LogP contribution in [0.2, 0.25) is 0 Å². The zero-order chi connectivity index (χ0) is 25.3. The van der Waals surface area contributed by atoms with Crippen molar-refractivity contribution in [1.82, 2.24) is 10.3 Å². The van der Waals surface area contributed by atoms with Gasteiger partial charge < -0.3 is 10.6 Å². The summed E-state index contributed by atoms with van der Waals surface area (Å²) in [5.41, 5.74) is -2.44. The third-order valence-electron chi connectivity index (χ3n) is 4.51. The summed E-state index contributed by atoms with van der Waals surface area (Å²) in [5, 5.41) is 4.91. The number of halogens is 9. The molecular weight excluding hydrogens is 664 g/mol. The maximum atomic E-state index is 13.6. The molecule has 0 aliphatic rings. The number of amides is 2. The fraction of sp³-hybridized carbons (Fsp3) is 0.143. The summed E-state index contributed by atoms with van der Waals surface area (Å²) >= 11 is 9.83. The van der Waals surface area contributed by atoms with E-state index >= 15 is 0 Å². The van der Waals surface area contributed by atoms with Gasteiger partial charge in [0.05, 0.1) is 28.6 Å². The molecule has 1 atom stereocenters. The Balaban J connectivity index is 2.02. The van der Waals surface area contributed by atoms with Gasteiger partial charge in [0.2, 0.25) is 0 Å². The number of carbonyl (C=O) groups excluding carboxylic acids is 1. The summed E-state index contributed by atoms with van der Waals surface area (Å²) in [7, 11) is 0. The van der Waals surface area contributed by atoms with Crippen LogP contribution < -0.4 is 10.6 Å². The maximum absolute atomic E-state index is 13.6. The maximum Gasteiger partial charge on any atom is 0.418 e. The summed E-state index contributed by atoms with van der Waals surface area (Å²) in [5.74, 6) is 0. The first-order valence-corrected chi connectivity index (χ1v) is 11.6. The van der Waals surface area contributed by atoms with Crippen molar-refractivity contribution in [3.8, 4) is 0 Å². The number of hydrogen-bond acceptors (Lipinski definition) is 2. The van der Waals surface area contributed by atoms with Crippen LogP contribution in [0.25, 0.3) is 0 Å². The lowest BCUT2D eigenvalue weighted by Gasteiger charge is -2.23. The third-order valence-corrected chi connectivity index (χ3v) is 6.22. The fourth-order valence-corrected chi connectivity index (χ4v) is 5.46. The van der Waals surface area contributed by atoms with E-state index in [4.69, 9.17) is 0 Å². The van der Waals surface area contributed by atoms with Crippen LogP contribution in [0, 0.1) is 0 Å². The van der Waals surface area contributed by atoms with E-state index in [9.17, 15) is 31.1 Å². The minimum atomic E-state index is -4.82. The van der Waals surface area contributed by atoms with Crippen LogP contribution in [-0.4, -0.2) is 11.0 Å². The van der Waals surface area contributed by atoms with E-state index < -0.39 is 41.2 Å². The molecule has 0 radical (unpaired) electrons. The second-order valence-electron chi connectivity index (χ2n) is 6.83. The number of urea groups is 1. The van der Waals surface area contributed by atoms with E-state index in [0.29, 0.717) is 13.4 Å². The van der Waals surface area contributed by atoms with Gasteiger partial charge in [-0.15, -0.1) is 0 Å². The highest BCUT2D eigenvalue weighted by Gasteiger charge is 2.37. The van der Waals surface area contributed by atoms with Gasteiger partial charge >= 0.3 is 18.4 Å². The van der Waals surface area contributed by atoms with Crippen LogP contribution in [0.15, 0.2) is 68.1 Å². The molecule has 34 heavy (non-hydrogen) atoms. The Morgan fingerprint density at radius 2 is 1.47 bits per heavy atom. The lowest BCUT2D eigenvalue weighted by molar-refractivity contribution is -0.139. The van der Waals surface area contributed by atoms with Gasteiger partial charge in [-0.05, 0) is 73.8 Å². The molecule has 0 aliphatic heterocycles. The number of hydrogen-bond donors (Lipinski definition) is 2. The van der Waals surface area contributed by atoms with Crippen molar-refractivity contribution < 1.29 is 31.1 Å². The number of nitrogens with zero attached hydrogens (tertiary/aromatic N) is 1. The van der Waals surface area contributed by atoms with Gasteiger partial charge in [-0.2, -0.15) is 26.3 Å². The van der Waals surface area contributed by atoms with Crippen molar-refractivity contribution in [1.29, 1.82) is 0 Å². The summed E-state index contributed by atoms with van der Waals surface area (Å²) in [6.45, 7) is 0. The average molecular weight is 676 g/mol. The van der Waals surface area contributed by atoms with Gasteiger partial charge in [-0.1, -0.05) is 28.1 Å². The molecule has 0 aliphatic carbocycles. The molecule has 180 valence electrons. The normalized spacial score (nSPS) is 12.9. The number of aromatic nitrogens is 1. The summed E-state index contributed by atoms with van der Waals surface area (Å²) in [4.78, 5) is 16.6. The molecule has 0 fully saturated rings. The Morgan fingerprint density at radius 1 is 0.882 bits per heavy atom. The van der Waals surface area contributed by atoms with Gasteiger partial charge in [-0.25, -0.2) is 4.79 Å². The topological polar surface area (TPSA) is 54.0 Å². The smallest absolute Gasteiger partial charge is 0.325 e. The first-order chi connectivity index (χ1) is 15.8. The van der Waals surface area contributed by atoms with Crippen LogP contribution >= 0.6 is 47.8 Å². The molecule has 1 aromatic heterocycles. The van der Waals surface area contributed by atoms with Crippen LogP contribution in [0.1, 0.15) is 28.4 Å². The quantitative estimate of drug-likeness (QED) is 0.274. The highest BCUT2D eigenvalue weighted by molar-refractivity contribution is 9.11. The Hall–Kier alpha value is -2.12. The monoisotopic (exact) mass is 673 g/mol. The molecule has 0 saturated carbocycles. The van der Waals surface area contributed by atoms with Gasteiger partial charge in [0, 0.05) is 19.6 Å². The second-order valence-corrected chi connectivity index (χ2v) is 9.45. The van der Waals surface area contributed by atoms with Crippen molar-refractivity contribution in [2.75, 3.05) is 5.32 Å². The van der Waals surface area contributed by atoms with Crippen molar-refractivity contribution in [3.05, 3.63) is 90.5 Å².